The molecule has 1 aliphatic heterocycles. The van der Waals surface area contributed by atoms with Crippen LogP contribution in [0.25, 0.3) is 0 Å². The number of likely N-dealkylation sites (tertiary alicyclic amines) is 1. The summed E-state index contributed by atoms with van der Waals surface area (Å²) >= 11 is 0. The molecule has 100 valence electrons. The molecule has 2 nitrogen and oxygen atoms in total. The van der Waals surface area contributed by atoms with Crippen LogP contribution in [0.4, 0.5) is 0 Å². The Morgan fingerprint density at radius 3 is 2.41 bits per heavy atom. The van der Waals surface area contributed by atoms with Gasteiger partial charge in [-0.1, -0.05) is 33.6 Å². The molecule has 1 saturated heterocycles. The van der Waals surface area contributed by atoms with Crippen LogP contribution < -0.4 is 5.73 Å². The zero-order valence-electron chi connectivity index (χ0n) is 12.0. The molecule has 0 bridgehead atoms. The van der Waals surface area contributed by atoms with E-state index in [4.69, 9.17) is 5.73 Å². The Hall–Kier alpha value is -0.0800. The van der Waals surface area contributed by atoms with E-state index in [-0.39, 0.29) is 5.54 Å². The lowest BCUT2D eigenvalue weighted by Crippen LogP contribution is -2.40. The third kappa shape index (κ3) is 3.45. The first-order chi connectivity index (χ1) is 7.89. The first-order valence-electron chi connectivity index (χ1n) is 7.40. The van der Waals surface area contributed by atoms with E-state index >= 15 is 0 Å². The summed E-state index contributed by atoms with van der Waals surface area (Å²) in [5, 5.41) is 0. The van der Waals surface area contributed by atoms with Crippen molar-refractivity contribution in [3.8, 4) is 0 Å². The lowest BCUT2D eigenvalue weighted by atomic mass is 9.80. The lowest BCUT2D eigenvalue weighted by Gasteiger charge is -2.29. The van der Waals surface area contributed by atoms with E-state index in [1.165, 1.54) is 58.2 Å². The van der Waals surface area contributed by atoms with Gasteiger partial charge in [0, 0.05) is 12.1 Å². The molecule has 17 heavy (non-hydrogen) atoms. The van der Waals surface area contributed by atoms with Crippen molar-refractivity contribution in [2.24, 2.45) is 17.1 Å². The highest BCUT2D eigenvalue weighted by Gasteiger charge is 2.34. The number of nitrogens with zero attached hydrogens (tertiary/aromatic N) is 1. The van der Waals surface area contributed by atoms with Crippen LogP contribution in [-0.4, -0.2) is 30.1 Å². The van der Waals surface area contributed by atoms with Gasteiger partial charge in [-0.2, -0.15) is 0 Å². The number of hydrogen-bond donors (Lipinski definition) is 1. The maximum atomic E-state index is 6.43. The van der Waals surface area contributed by atoms with E-state index in [0.717, 1.165) is 5.92 Å². The van der Waals surface area contributed by atoms with Crippen LogP contribution in [0.3, 0.4) is 0 Å². The zero-order chi connectivity index (χ0) is 12.5. The molecule has 1 unspecified atom stereocenters. The Bertz CT molecular complexity index is 248. The van der Waals surface area contributed by atoms with Crippen molar-refractivity contribution in [3.05, 3.63) is 0 Å². The minimum absolute atomic E-state index is 0.180. The standard InChI is InChI=1S/C15H30N2/c1-14(2,3)13-6-10-17(12-13)11-9-15(16)7-4-5-8-15/h13H,4-12,16H2,1-3H3. The molecule has 2 aliphatic rings. The van der Waals surface area contributed by atoms with Crippen molar-refractivity contribution >= 4 is 0 Å². The summed E-state index contributed by atoms with van der Waals surface area (Å²) in [4.78, 5) is 2.64. The highest BCUT2D eigenvalue weighted by atomic mass is 15.1. The topological polar surface area (TPSA) is 29.3 Å². The van der Waals surface area contributed by atoms with Gasteiger partial charge in [-0.05, 0) is 50.1 Å². The van der Waals surface area contributed by atoms with Gasteiger partial charge in [-0.25, -0.2) is 0 Å². The Balaban J connectivity index is 1.75. The molecule has 0 aromatic carbocycles. The van der Waals surface area contributed by atoms with Crippen LogP contribution in [-0.2, 0) is 0 Å². The Labute approximate surface area is 107 Å². The van der Waals surface area contributed by atoms with Gasteiger partial charge in [0.25, 0.3) is 0 Å². The summed E-state index contributed by atoms with van der Waals surface area (Å²) < 4.78 is 0. The van der Waals surface area contributed by atoms with Crippen molar-refractivity contribution < 1.29 is 0 Å². The summed E-state index contributed by atoms with van der Waals surface area (Å²) in [7, 11) is 0. The molecule has 0 amide bonds. The van der Waals surface area contributed by atoms with E-state index in [2.05, 4.69) is 25.7 Å². The smallest absolute Gasteiger partial charge is 0.0166 e. The van der Waals surface area contributed by atoms with Crippen molar-refractivity contribution in [1.82, 2.24) is 4.90 Å². The van der Waals surface area contributed by atoms with Crippen LogP contribution in [0.5, 0.6) is 0 Å². The second kappa shape index (κ2) is 4.89. The van der Waals surface area contributed by atoms with Crippen LogP contribution in [0.2, 0.25) is 0 Å². The molecule has 1 heterocycles. The van der Waals surface area contributed by atoms with Gasteiger partial charge in [0.2, 0.25) is 0 Å². The number of nitrogens with two attached hydrogens (primary N) is 1. The largest absolute Gasteiger partial charge is 0.325 e. The molecule has 0 aromatic rings. The molecular weight excluding hydrogens is 208 g/mol. The minimum atomic E-state index is 0.180. The molecule has 0 radical (unpaired) electrons. The van der Waals surface area contributed by atoms with E-state index in [1.807, 2.05) is 0 Å². The average molecular weight is 238 g/mol. The van der Waals surface area contributed by atoms with E-state index in [9.17, 15) is 0 Å². The summed E-state index contributed by atoms with van der Waals surface area (Å²) in [6.45, 7) is 10.9. The fourth-order valence-corrected chi connectivity index (χ4v) is 3.45. The highest BCUT2D eigenvalue weighted by Crippen LogP contribution is 2.35. The predicted octanol–water partition coefficient (Wildman–Crippen LogP) is 3.02. The van der Waals surface area contributed by atoms with Gasteiger partial charge in [0.15, 0.2) is 0 Å². The normalized spacial score (nSPS) is 30.0. The molecule has 0 spiro atoms. The quantitative estimate of drug-likeness (QED) is 0.819. The van der Waals surface area contributed by atoms with E-state index < -0.39 is 0 Å². The molecule has 2 heteroatoms. The third-order valence-corrected chi connectivity index (χ3v) is 5.02. The maximum Gasteiger partial charge on any atom is 0.0166 e. The summed E-state index contributed by atoms with van der Waals surface area (Å²) in [5.74, 6) is 0.875. The van der Waals surface area contributed by atoms with Gasteiger partial charge in [0.05, 0.1) is 0 Å². The first-order valence-corrected chi connectivity index (χ1v) is 7.40. The molecule has 2 N–H and O–H groups in total. The van der Waals surface area contributed by atoms with Crippen molar-refractivity contribution in [3.63, 3.8) is 0 Å². The molecule has 1 atom stereocenters. The Morgan fingerprint density at radius 2 is 1.88 bits per heavy atom. The fraction of sp³-hybridized carbons (Fsp3) is 1.00. The summed E-state index contributed by atoms with van der Waals surface area (Å²) in [5.41, 5.74) is 7.09. The first kappa shape index (κ1) is 13.4. The molecule has 1 aliphatic carbocycles. The monoisotopic (exact) mass is 238 g/mol. The molecule has 1 saturated carbocycles. The molecule has 0 aromatic heterocycles. The number of hydrogen-bond acceptors (Lipinski definition) is 2. The summed E-state index contributed by atoms with van der Waals surface area (Å²) in [6.07, 6.45) is 7.79. The van der Waals surface area contributed by atoms with Crippen LogP contribution in [0.1, 0.15) is 59.3 Å². The van der Waals surface area contributed by atoms with E-state index in [1.54, 1.807) is 0 Å². The minimum Gasteiger partial charge on any atom is -0.325 e. The molecule has 2 fully saturated rings. The average Bonchev–Trinajstić information content (AvgIpc) is 2.83. The number of rotatable bonds is 3. The van der Waals surface area contributed by atoms with Crippen LogP contribution in [0.15, 0.2) is 0 Å². The van der Waals surface area contributed by atoms with Crippen molar-refractivity contribution in [1.29, 1.82) is 0 Å². The van der Waals surface area contributed by atoms with Gasteiger partial charge in [-0.3, -0.25) is 0 Å². The predicted molar refractivity (Wildman–Crippen MR) is 74.0 cm³/mol. The zero-order valence-corrected chi connectivity index (χ0v) is 12.0. The van der Waals surface area contributed by atoms with Gasteiger partial charge >= 0.3 is 0 Å². The fourth-order valence-electron chi connectivity index (χ4n) is 3.45. The van der Waals surface area contributed by atoms with E-state index in [0.29, 0.717) is 5.41 Å². The molecule has 2 rings (SSSR count). The Kier molecular flexibility index (Phi) is 3.84. The third-order valence-electron chi connectivity index (χ3n) is 5.02. The van der Waals surface area contributed by atoms with Crippen molar-refractivity contribution in [2.75, 3.05) is 19.6 Å². The van der Waals surface area contributed by atoms with Gasteiger partial charge in [0.1, 0.15) is 0 Å². The lowest BCUT2D eigenvalue weighted by molar-refractivity contribution is 0.218. The van der Waals surface area contributed by atoms with Crippen LogP contribution >= 0.6 is 0 Å². The van der Waals surface area contributed by atoms with Gasteiger partial charge < -0.3 is 10.6 Å². The van der Waals surface area contributed by atoms with Crippen LogP contribution in [0, 0.1) is 11.3 Å². The summed E-state index contributed by atoms with van der Waals surface area (Å²) in [6, 6.07) is 0. The second-order valence-corrected chi connectivity index (χ2v) is 7.47. The highest BCUT2D eigenvalue weighted by molar-refractivity contribution is 4.91. The SMILES string of the molecule is CC(C)(C)C1CCN(CCC2(N)CCCC2)C1. The molecular formula is C15H30N2. The Morgan fingerprint density at radius 1 is 1.24 bits per heavy atom. The van der Waals surface area contributed by atoms with Crippen molar-refractivity contribution in [2.45, 2.75) is 64.8 Å². The second-order valence-electron chi connectivity index (χ2n) is 7.47. The van der Waals surface area contributed by atoms with Gasteiger partial charge in [-0.15, -0.1) is 0 Å². The maximum absolute atomic E-state index is 6.43.